The van der Waals surface area contributed by atoms with Crippen molar-refractivity contribution >= 4 is 11.9 Å². The Labute approximate surface area is 122 Å². The van der Waals surface area contributed by atoms with Crippen LogP contribution in [0.2, 0.25) is 0 Å². The molecule has 0 N–H and O–H groups in total. The fourth-order valence-electron chi connectivity index (χ4n) is 2.91. The molecule has 1 aliphatic rings. The van der Waals surface area contributed by atoms with E-state index >= 15 is 0 Å². The summed E-state index contributed by atoms with van der Waals surface area (Å²) >= 11 is 0. The van der Waals surface area contributed by atoms with Crippen LogP contribution in [-0.4, -0.2) is 25.2 Å². The Morgan fingerprint density at radius 2 is 1.90 bits per heavy atom. The SMILES string of the molecule is CCC(=O)OCCOC(=O)[C@H](C)[C@@H]1CCCC(C)(C)C1. The molecule has 1 saturated carbocycles. The molecule has 0 aromatic carbocycles. The summed E-state index contributed by atoms with van der Waals surface area (Å²) in [7, 11) is 0. The second-order valence-electron chi connectivity index (χ2n) is 6.55. The molecule has 0 radical (unpaired) electrons. The minimum absolute atomic E-state index is 0.0727. The van der Waals surface area contributed by atoms with Crippen LogP contribution in [0.4, 0.5) is 0 Å². The van der Waals surface area contributed by atoms with Crippen molar-refractivity contribution in [2.45, 2.75) is 59.8 Å². The van der Waals surface area contributed by atoms with Crippen molar-refractivity contribution in [3.63, 3.8) is 0 Å². The maximum absolute atomic E-state index is 12.0. The summed E-state index contributed by atoms with van der Waals surface area (Å²) in [5.41, 5.74) is 0.327. The molecule has 4 nitrogen and oxygen atoms in total. The van der Waals surface area contributed by atoms with Gasteiger partial charge in [-0.25, -0.2) is 0 Å². The van der Waals surface area contributed by atoms with Crippen LogP contribution in [0.25, 0.3) is 0 Å². The van der Waals surface area contributed by atoms with Crippen molar-refractivity contribution in [2.24, 2.45) is 17.3 Å². The number of hydrogen-bond acceptors (Lipinski definition) is 4. The van der Waals surface area contributed by atoms with Crippen LogP contribution in [0.3, 0.4) is 0 Å². The zero-order valence-corrected chi connectivity index (χ0v) is 13.2. The van der Waals surface area contributed by atoms with Crippen molar-refractivity contribution in [3.05, 3.63) is 0 Å². The zero-order chi connectivity index (χ0) is 15.2. The van der Waals surface area contributed by atoms with E-state index in [1.807, 2.05) is 6.92 Å². The lowest BCUT2D eigenvalue weighted by molar-refractivity contribution is -0.156. The summed E-state index contributed by atoms with van der Waals surface area (Å²) < 4.78 is 10.1. The predicted octanol–water partition coefficient (Wildman–Crippen LogP) is 3.34. The number of esters is 2. The monoisotopic (exact) mass is 284 g/mol. The lowest BCUT2D eigenvalue weighted by Crippen LogP contribution is -2.31. The first-order valence-corrected chi connectivity index (χ1v) is 7.68. The maximum Gasteiger partial charge on any atom is 0.309 e. The molecule has 0 aromatic heterocycles. The largest absolute Gasteiger partial charge is 0.462 e. The van der Waals surface area contributed by atoms with Crippen LogP contribution in [0.15, 0.2) is 0 Å². The van der Waals surface area contributed by atoms with Gasteiger partial charge in [-0.15, -0.1) is 0 Å². The van der Waals surface area contributed by atoms with E-state index in [4.69, 9.17) is 9.47 Å². The van der Waals surface area contributed by atoms with E-state index < -0.39 is 0 Å². The van der Waals surface area contributed by atoms with Crippen molar-refractivity contribution in [1.29, 1.82) is 0 Å². The van der Waals surface area contributed by atoms with Gasteiger partial charge < -0.3 is 9.47 Å². The molecule has 0 saturated heterocycles. The van der Waals surface area contributed by atoms with Gasteiger partial charge in [0, 0.05) is 6.42 Å². The van der Waals surface area contributed by atoms with Gasteiger partial charge in [0.15, 0.2) is 0 Å². The highest BCUT2D eigenvalue weighted by atomic mass is 16.6. The third kappa shape index (κ3) is 5.51. The summed E-state index contributed by atoms with van der Waals surface area (Å²) in [4.78, 5) is 23.0. The molecule has 0 aliphatic heterocycles. The third-order valence-corrected chi connectivity index (χ3v) is 4.20. The molecule has 1 fully saturated rings. The van der Waals surface area contributed by atoms with E-state index in [0.717, 1.165) is 12.8 Å². The van der Waals surface area contributed by atoms with E-state index in [2.05, 4.69) is 13.8 Å². The van der Waals surface area contributed by atoms with Crippen LogP contribution >= 0.6 is 0 Å². The standard InChI is InChI=1S/C16H28O4/c1-5-14(17)19-9-10-20-15(18)12(2)13-7-6-8-16(3,4)11-13/h12-13H,5-11H2,1-4H3/t12-,13-/m1/s1. The van der Waals surface area contributed by atoms with Crippen LogP contribution in [0.5, 0.6) is 0 Å². The van der Waals surface area contributed by atoms with Gasteiger partial charge in [-0.1, -0.05) is 34.1 Å². The molecule has 20 heavy (non-hydrogen) atoms. The molecule has 0 heterocycles. The summed E-state index contributed by atoms with van der Waals surface area (Å²) in [6.07, 6.45) is 4.95. The van der Waals surface area contributed by atoms with Crippen molar-refractivity contribution < 1.29 is 19.1 Å². The van der Waals surface area contributed by atoms with Crippen LogP contribution in [-0.2, 0) is 19.1 Å². The number of ether oxygens (including phenoxy) is 2. The first-order chi connectivity index (χ1) is 9.35. The number of rotatable bonds is 6. The molecule has 1 rings (SSSR count). The highest BCUT2D eigenvalue weighted by molar-refractivity contribution is 5.72. The smallest absolute Gasteiger partial charge is 0.309 e. The molecule has 4 heteroatoms. The summed E-state index contributed by atoms with van der Waals surface area (Å²) in [5.74, 6) is -0.0933. The molecule has 0 aromatic rings. The molecule has 0 unspecified atom stereocenters. The average molecular weight is 284 g/mol. The second-order valence-corrected chi connectivity index (χ2v) is 6.55. The maximum atomic E-state index is 12.0. The van der Waals surface area contributed by atoms with Crippen molar-refractivity contribution in [1.82, 2.24) is 0 Å². The predicted molar refractivity (Wildman–Crippen MR) is 77.1 cm³/mol. The van der Waals surface area contributed by atoms with Crippen molar-refractivity contribution in [3.8, 4) is 0 Å². The highest BCUT2D eigenvalue weighted by Gasteiger charge is 2.34. The number of carbonyl (C=O) groups excluding carboxylic acids is 2. The Morgan fingerprint density at radius 1 is 1.25 bits per heavy atom. The Bertz CT molecular complexity index is 335. The third-order valence-electron chi connectivity index (χ3n) is 4.20. The molecule has 116 valence electrons. The molecular formula is C16H28O4. The summed E-state index contributed by atoms with van der Waals surface area (Å²) in [5, 5.41) is 0. The first-order valence-electron chi connectivity index (χ1n) is 7.68. The van der Waals surface area contributed by atoms with Crippen LogP contribution in [0, 0.1) is 17.3 Å². The minimum atomic E-state index is -0.261. The Balaban J connectivity index is 2.30. The molecule has 2 atom stereocenters. The van der Waals surface area contributed by atoms with E-state index in [9.17, 15) is 9.59 Å². The Morgan fingerprint density at radius 3 is 2.50 bits per heavy atom. The zero-order valence-electron chi connectivity index (χ0n) is 13.2. The molecule has 0 spiro atoms. The van der Waals surface area contributed by atoms with Gasteiger partial charge in [-0.05, 0) is 30.6 Å². The highest BCUT2D eigenvalue weighted by Crippen LogP contribution is 2.41. The summed E-state index contributed by atoms with van der Waals surface area (Å²) in [6.45, 7) is 8.53. The normalized spacial score (nSPS) is 22.9. The van der Waals surface area contributed by atoms with Crippen LogP contribution < -0.4 is 0 Å². The topological polar surface area (TPSA) is 52.6 Å². The van der Waals surface area contributed by atoms with E-state index in [0.29, 0.717) is 17.8 Å². The van der Waals surface area contributed by atoms with Gasteiger partial charge in [0.25, 0.3) is 0 Å². The van der Waals surface area contributed by atoms with Gasteiger partial charge in [-0.3, -0.25) is 9.59 Å². The van der Waals surface area contributed by atoms with Gasteiger partial charge in [0.2, 0.25) is 0 Å². The fourth-order valence-corrected chi connectivity index (χ4v) is 2.91. The molecule has 1 aliphatic carbocycles. The number of hydrogen-bond donors (Lipinski definition) is 0. The lowest BCUT2D eigenvalue weighted by Gasteiger charge is -2.37. The fraction of sp³-hybridized carbons (Fsp3) is 0.875. The Kier molecular flexibility index (Phi) is 6.50. The summed E-state index contributed by atoms with van der Waals surface area (Å²) in [6, 6.07) is 0. The number of carbonyl (C=O) groups is 2. The van der Waals surface area contributed by atoms with Gasteiger partial charge >= 0.3 is 11.9 Å². The van der Waals surface area contributed by atoms with Gasteiger partial charge in [-0.2, -0.15) is 0 Å². The van der Waals surface area contributed by atoms with E-state index in [1.54, 1.807) is 6.92 Å². The lowest BCUT2D eigenvalue weighted by atomic mass is 9.68. The molecule has 0 amide bonds. The second kappa shape index (κ2) is 7.65. The first kappa shape index (κ1) is 17.0. The quantitative estimate of drug-likeness (QED) is 0.554. The van der Waals surface area contributed by atoms with Gasteiger partial charge in [0.1, 0.15) is 13.2 Å². The van der Waals surface area contributed by atoms with Crippen LogP contribution in [0.1, 0.15) is 59.8 Å². The van der Waals surface area contributed by atoms with E-state index in [1.165, 1.54) is 12.8 Å². The minimum Gasteiger partial charge on any atom is -0.462 e. The average Bonchev–Trinajstić information content (AvgIpc) is 2.41. The van der Waals surface area contributed by atoms with Gasteiger partial charge in [0.05, 0.1) is 5.92 Å². The van der Waals surface area contributed by atoms with E-state index in [-0.39, 0.29) is 31.1 Å². The molecule has 0 bridgehead atoms. The van der Waals surface area contributed by atoms with Crippen molar-refractivity contribution in [2.75, 3.05) is 13.2 Å². The Hall–Kier alpha value is -1.06. The molecular weight excluding hydrogens is 256 g/mol.